The number of nitriles is 1. The molecule has 0 aliphatic heterocycles. The van der Waals surface area contributed by atoms with Gasteiger partial charge in [-0.2, -0.15) is 28.5 Å². The summed E-state index contributed by atoms with van der Waals surface area (Å²) in [4.78, 5) is 25.7. The third-order valence-corrected chi connectivity index (χ3v) is 8.62. The molecular weight excluding hydrogens is 595 g/mol. The average molecular weight is 626 g/mol. The van der Waals surface area contributed by atoms with E-state index in [9.17, 15) is 23.2 Å². The Balaban J connectivity index is 1.43. The predicted octanol–water partition coefficient (Wildman–Crippen LogP) is 5.46. The van der Waals surface area contributed by atoms with Gasteiger partial charge in [-0.05, 0) is 25.1 Å². The fourth-order valence-electron chi connectivity index (χ4n) is 4.52. The van der Waals surface area contributed by atoms with Gasteiger partial charge in [0, 0.05) is 40.4 Å². The maximum Gasteiger partial charge on any atom is 0.417 e. The van der Waals surface area contributed by atoms with Crippen LogP contribution in [0.5, 0.6) is 11.5 Å². The summed E-state index contributed by atoms with van der Waals surface area (Å²) < 4.78 is 55.9. The van der Waals surface area contributed by atoms with Gasteiger partial charge in [0.2, 0.25) is 5.95 Å². The standard InChI is InChI=1S/C28H30F3N9O3Si/c1-16-19-10-18(12-34-25(19)40(37-16)15-42-7-8-44(4,5)6)43-22-13-33-24-23(20(22)11-32)39(3)27(36-24)35-21-9-17(28(29,30)31)14-38(2)26(21)41/h9-10,12-14H,7-8,15H2,1-6H3,(H,33,35,36). The normalized spacial score (nSPS) is 12.2. The number of nitrogens with zero attached hydrogens (tertiary/aromatic N) is 8. The Labute approximate surface area is 250 Å². The topological polar surface area (TPSA) is 138 Å². The minimum absolute atomic E-state index is 0.00997. The highest BCUT2D eigenvalue weighted by atomic mass is 28.3. The molecule has 0 spiro atoms. The second-order valence-electron chi connectivity index (χ2n) is 11.5. The summed E-state index contributed by atoms with van der Waals surface area (Å²) in [5.74, 6) is 0.464. The third kappa shape index (κ3) is 6.14. The lowest BCUT2D eigenvalue weighted by Crippen LogP contribution is -2.23. The van der Waals surface area contributed by atoms with Crippen molar-refractivity contribution in [3.05, 3.63) is 57.9 Å². The summed E-state index contributed by atoms with van der Waals surface area (Å²) in [6, 6.07) is 5.60. The van der Waals surface area contributed by atoms with Gasteiger partial charge in [-0.1, -0.05) is 19.6 Å². The number of hydrogen-bond acceptors (Lipinski definition) is 9. The Kier molecular flexibility index (Phi) is 7.95. The number of rotatable bonds is 9. The van der Waals surface area contributed by atoms with Crippen LogP contribution in [0, 0.1) is 18.3 Å². The number of aromatic nitrogens is 7. The van der Waals surface area contributed by atoms with Crippen molar-refractivity contribution in [1.29, 1.82) is 5.26 Å². The smallest absolute Gasteiger partial charge is 0.417 e. The lowest BCUT2D eigenvalue weighted by atomic mass is 10.2. The Morgan fingerprint density at radius 3 is 2.57 bits per heavy atom. The van der Waals surface area contributed by atoms with Crippen molar-refractivity contribution in [2.24, 2.45) is 14.1 Å². The van der Waals surface area contributed by atoms with Crippen LogP contribution in [0.4, 0.5) is 24.8 Å². The Morgan fingerprint density at radius 1 is 1.14 bits per heavy atom. The molecular formula is C28H30F3N9O3Si. The molecule has 5 rings (SSSR count). The SMILES string of the molecule is Cc1nn(COCC[Si](C)(C)C)c2ncc(Oc3cnc4nc(Nc5cc(C(F)(F)F)cn(C)c5=O)n(C)c4c3C#N)cc12. The van der Waals surface area contributed by atoms with Crippen molar-refractivity contribution in [3.8, 4) is 17.6 Å². The molecule has 5 aromatic heterocycles. The molecule has 0 radical (unpaired) electrons. The molecule has 0 saturated carbocycles. The van der Waals surface area contributed by atoms with Gasteiger partial charge in [-0.25, -0.2) is 14.6 Å². The number of alkyl halides is 3. The molecule has 0 unspecified atom stereocenters. The highest BCUT2D eigenvalue weighted by Gasteiger charge is 2.32. The van der Waals surface area contributed by atoms with Crippen molar-refractivity contribution < 1.29 is 22.6 Å². The molecule has 0 aliphatic rings. The van der Waals surface area contributed by atoms with Crippen LogP contribution in [-0.2, 0) is 31.7 Å². The molecule has 12 nitrogen and oxygen atoms in total. The second kappa shape index (κ2) is 11.4. The minimum atomic E-state index is -4.66. The van der Waals surface area contributed by atoms with Crippen LogP contribution in [0.3, 0.4) is 0 Å². The van der Waals surface area contributed by atoms with Crippen molar-refractivity contribution in [3.63, 3.8) is 0 Å². The number of halogens is 3. The van der Waals surface area contributed by atoms with E-state index >= 15 is 0 Å². The molecule has 0 aliphatic carbocycles. The van der Waals surface area contributed by atoms with Gasteiger partial charge in [0.1, 0.15) is 35.3 Å². The zero-order chi connectivity index (χ0) is 32.0. The first-order valence-electron chi connectivity index (χ1n) is 13.6. The molecule has 44 heavy (non-hydrogen) atoms. The van der Waals surface area contributed by atoms with Gasteiger partial charge in [-0.3, -0.25) is 4.79 Å². The van der Waals surface area contributed by atoms with E-state index in [1.54, 1.807) is 17.8 Å². The number of anilines is 2. The van der Waals surface area contributed by atoms with E-state index in [-0.39, 0.29) is 40.8 Å². The van der Waals surface area contributed by atoms with Crippen LogP contribution in [-0.4, -0.2) is 48.5 Å². The van der Waals surface area contributed by atoms with E-state index in [0.29, 0.717) is 30.3 Å². The van der Waals surface area contributed by atoms with Crippen molar-refractivity contribution in [2.75, 3.05) is 11.9 Å². The van der Waals surface area contributed by atoms with Gasteiger partial charge < -0.3 is 23.9 Å². The van der Waals surface area contributed by atoms with Crippen molar-refractivity contribution in [2.45, 2.75) is 45.5 Å². The van der Waals surface area contributed by atoms with Gasteiger partial charge in [0.25, 0.3) is 5.56 Å². The molecule has 0 saturated heterocycles. The molecule has 230 valence electrons. The lowest BCUT2D eigenvalue weighted by molar-refractivity contribution is -0.138. The molecule has 0 atom stereocenters. The summed E-state index contributed by atoms with van der Waals surface area (Å²) in [6.07, 6.45) is -1.11. The van der Waals surface area contributed by atoms with Crippen LogP contribution in [0.15, 0.2) is 35.5 Å². The van der Waals surface area contributed by atoms with Crippen molar-refractivity contribution >= 4 is 41.9 Å². The molecule has 5 aromatic rings. The maximum absolute atomic E-state index is 13.4. The highest BCUT2D eigenvalue weighted by Crippen LogP contribution is 2.33. The first kappa shape index (κ1) is 30.7. The van der Waals surface area contributed by atoms with E-state index in [1.165, 1.54) is 24.0 Å². The number of nitrogens with one attached hydrogen (secondary N) is 1. The van der Waals surface area contributed by atoms with Crippen molar-refractivity contribution in [1.82, 2.24) is 33.9 Å². The lowest BCUT2D eigenvalue weighted by Gasteiger charge is -2.15. The van der Waals surface area contributed by atoms with E-state index in [4.69, 9.17) is 9.47 Å². The average Bonchev–Trinajstić information content (AvgIpc) is 3.43. The molecule has 0 fully saturated rings. The molecule has 0 aromatic carbocycles. The maximum atomic E-state index is 13.4. The number of aryl methyl sites for hydroxylation is 3. The minimum Gasteiger partial charge on any atom is -0.453 e. The molecule has 16 heteroatoms. The second-order valence-corrected chi connectivity index (χ2v) is 17.2. The number of fused-ring (bicyclic) bond motifs is 2. The fourth-order valence-corrected chi connectivity index (χ4v) is 5.28. The quantitative estimate of drug-likeness (QED) is 0.167. The van der Waals surface area contributed by atoms with Crippen LogP contribution >= 0.6 is 0 Å². The van der Waals surface area contributed by atoms with E-state index in [0.717, 1.165) is 21.7 Å². The summed E-state index contributed by atoms with van der Waals surface area (Å²) in [7, 11) is 1.54. The van der Waals surface area contributed by atoms with Crippen LogP contribution in [0.1, 0.15) is 16.8 Å². The number of ether oxygens (including phenoxy) is 2. The van der Waals surface area contributed by atoms with Gasteiger partial charge in [-0.15, -0.1) is 0 Å². The number of pyridine rings is 3. The summed E-state index contributed by atoms with van der Waals surface area (Å²) in [5.41, 5.74) is -0.225. The molecule has 1 N–H and O–H groups in total. The van der Waals surface area contributed by atoms with E-state index in [2.05, 4.69) is 51.1 Å². The fraction of sp³-hybridized carbons (Fsp3) is 0.357. The predicted molar refractivity (Wildman–Crippen MR) is 160 cm³/mol. The first-order valence-corrected chi connectivity index (χ1v) is 17.3. The first-order chi connectivity index (χ1) is 20.7. The molecule has 0 bridgehead atoms. The highest BCUT2D eigenvalue weighted by molar-refractivity contribution is 6.76. The Morgan fingerprint density at radius 2 is 1.89 bits per heavy atom. The number of imidazole rings is 1. The number of hydrogen-bond donors (Lipinski definition) is 1. The molecule has 5 heterocycles. The van der Waals surface area contributed by atoms with Crippen LogP contribution in [0.25, 0.3) is 22.2 Å². The Hall–Kier alpha value is -4.75. The summed E-state index contributed by atoms with van der Waals surface area (Å²) in [6.45, 7) is 9.61. The summed E-state index contributed by atoms with van der Waals surface area (Å²) in [5, 5.41) is 18.0. The largest absolute Gasteiger partial charge is 0.453 e. The third-order valence-electron chi connectivity index (χ3n) is 6.92. The monoisotopic (exact) mass is 625 g/mol. The van der Waals surface area contributed by atoms with Crippen LogP contribution in [0.2, 0.25) is 25.7 Å². The zero-order valence-corrected chi connectivity index (χ0v) is 25.9. The zero-order valence-electron chi connectivity index (χ0n) is 24.9. The van der Waals surface area contributed by atoms with E-state index < -0.39 is 25.4 Å². The van der Waals surface area contributed by atoms with Gasteiger partial charge >= 0.3 is 6.18 Å². The Bertz CT molecular complexity index is 1980. The molecule has 0 amide bonds. The van der Waals surface area contributed by atoms with Gasteiger partial charge in [0.05, 0.1) is 23.7 Å². The van der Waals surface area contributed by atoms with E-state index in [1.807, 2.05) is 6.92 Å². The van der Waals surface area contributed by atoms with Crippen LogP contribution < -0.4 is 15.6 Å². The van der Waals surface area contributed by atoms with Gasteiger partial charge in [0.15, 0.2) is 17.0 Å². The summed E-state index contributed by atoms with van der Waals surface area (Å²) >= 11 is 0.